The molecule has 30 heavy (non-hydrogen) atoms. The number of Topliss-reactive ketones (excluding diaryl/α,β-unsaturated/α-hetero) is 1. The Morgan fingerprint density at radius 1 is 1.07 bits per heavy atom. The van der Waals surface area contributed by atoms with Crippen LogP contribution in [0.25, 0.3) is 0 Å². The molecule has 1 fully saturated rings. The van der Waals surface area contributed by atoms with Gasteiger partial charge in [0.15, 0.2) is 5.78 Å². The summed E-state index contributed by atoms with van der Waals surface area (Å²) in [7, 11) is 1.66. The third-order valence-corrected chi connectivity index (χ3v) is 5.82. The van der Waals surface area contributed by atoms with E-state index in [1.54, 1.807) is 14.0 Å². The highest BCUT2D eigenvalue weighted by molar-refractivity contribution is 5.88. The van der Waals surface area contributed by atoms with E-state index in [2.05, 4.69) is 22.3 Å². The van der Waals surface area contributed by atoms with Gasteiger partial charge in [0.05, 0.1) is 19.7 Å². The van der Waals surface area contributed by atoms with Gasteiger partial charge in [-0.1, -0.05) is 55.3 Å². The first-order valence-electron chi connectivity index (χ1n) is 10.8. The SMILES string of the molecule is COc1ccc([C@@H]2CCCCCN2CC(=O)N[C@H](Cc2ccccc2)C(C)=O)cc1. The lowest BCUT2D eigenvalue weighted by molar-refractivity contribution is -0.128. The fraction of sp³-hybridized carbons (Fsp3) is 0.440. The lowest BCUT2D eigenvalue weighted by Gasteiger charge is -2.30. The fourth-order valence-corrected chi connectivity index (χ4v) is 4.13. The number of methoxy groups -OCH3 is 1. The third kappa shape index (κ3) is 6.17. The molecule has 1 N–H and O–H groups in total. The number of ketones is 1. The van der Waals surface area contributed by atoms with Gasteiger partial charge in [-0.25, -0.2) is 0 Å². The van der Waals surface area contributed by atoms with Gasteiger partial charge in [-0.05, 0) is 56.0 Å². The number of carbonyl (C=O) groups is 2. The van der Waals surface area contributed by atoms with Crippen LogP contribution in [-0.2, 0) is 16.0 Å². The minimum atomic E-state index is -0.494. The van der Waals surface area contributed by atoms with Gasteiger partial charge < -0.3 is 10.1 Å². The average molecular weight is 409 g/mol. The van der Waals surface area contributed by atoms with Crippen molar-refractivity contribution < 1.29 is 14.3 Å². The molecule has 0 aromatic heterocycles. The number of hydrogen-bond acceptors (Lipinski definition) is 4. The van der Waals surface area contributed by atoms with E-state index in [4.69, 9.17) is 4.74 Å². The van der Waals surface area contributed by atoms with Gasteiger partial charge in [0, 0.05) is 6.04 Å². The number of hydrogen-bond donors (Lipinski definition) is 1. The quantitative estimate of drug-likeness (QED) is 0.719. The van der Waals surface area contributed by atoms with Crippen LogP contribution >= 0.6 is 0 Å². The molecule has 1 saturated heterocycles. The monoisotopic (exact) mass is 408 g/mol. The maximum atomic E-state index is 12.9. The molecule has 5 heteroatoms. The molecule has 1 aliphatic rings. The lowest BCUT2D eigenvalue weighted by Crippen LogP contribution is -2.46. The Balaban J connectivity index is 1.67. The largest absolute Gasteiger partial charge is 0.497 e. The van der Waals surface area contributed by atoms with E-state index in [-0.39, 0.29) is 17.7 Å². The smallest absolute Gasteiger partial charge is 0.234 e. The van der Waals surface area contributed by atoms with Crippen LogP contribution in [0.3, 0.4) is 0 Å². The Bertz CT molecular complexity index is 820. The zero-order valence-electron chi connectivity index (χ0n) is 18.0. The Kier molecular flexibility index (Phi) is 8.03. The van der Waals surface area contributed by atoms with E-state index in [0.29, 0.717) is 13.0 Å². The lowest BCUT2D eigenvalue weighted by atomic mass is 10.0. The first-order chi connectivity index (χ1) is 14.6. The molecule has 0 bridgehead atoms. The predicted octanol–water partition coefficient (Wildman–Crippen LogP) is 3.93. The van der Waals surface area contributed by atoms with Crippen molar-refractivity contribution in [2.75, 3.05) is 20.2 Å². The number of benzene rings is 2. The maximum Gasteiger partial charge on any atom is 0.234 e. The van der Waals surface area contributed by atoms with Gasteiger partial charge in [-0.2, -0.15) is 0 Å². The van der Waals surface area contributed by atoms with E-state index in [1.807, 2.05) is 42.5 Å². The second kappa shape index (κ2) is 10.9. The molecule has 5 nitrogen and oxygen atoms in total. The number of nitrogens with one attached hydrogen (secondary N) is 1. The molecule has 0 saturated carbocycles. The summed E-state index contributed by atoms with van der Waals surface area (Å²) in [5, 5.41) is 2.97. The van der Waals surface area contributed by atoms with Crippen molar-refractivity contribution in [3.8, 4) is 5.75 Å². The number of amides is 1. The highest BCUT2D eigenvalue weighted by Crippen LogP contribution is 2.30. The second-order valence-electron chi connectivity index (χ2n) is 8.03. The van der Waals surface area contributed by atoms with Crippen molar-refractivity contribution in [1.82, 2.24) is 10.2 Å². The molecule has 1 amide bonds. The fourth-order valence-electron chi connectivity index (χ4n) is 4.13. The topological polar surface area (TPSA) is 58.6 Å². The van der Waals surface area contributed by atoms with E-state index >= 15 is 0 Å². The van der Waals surface area contributed by atoms with Crippen LogP contribution in [0.5, 0.6) is 5.75 Å². The van der Waals surface area contributed by atoms with Gasteiger partial charge in [0.1, 0.15) is 5.75 Å². The Morgan fingerprint density at radius 2 is 1.80 bits per heavy atom. The Hall–Kier alpha value is -2.66. The Labute approximate surface area is 179 Å². The first-order valence-corrected chi connectivity index (χ1v) is 10.8. The molecular formula is C25H32N2O3. The zero-order chi connectivity index (χ0) is 21.3. The van der Waals surface area contributed by atoms with Crippen LogP contribution < -0.4 is 10.1 Å². The Morgan fingerprint density at radius 3 is 2.47 bits per heavy atom. The molecule has 0 aliphatic carbocycles. The molecule has 160 valence electrons. The van der Waals surface area contributed by atoms with Crippen molar-refractivity contribution in [1.29, 1.82) is 0 Å². The van der Waals surface area contributed by atoms with Crippen LogP contribution in [0.15, 0.2) is 54.6 Å². The van der Waals surface area contributed by atoms with Crippen LogP contribution in [0.1, 0.15) is 49.8 Å². The van der Waals surface area contributed by atoms with Crippen LogP contribution in [0.2, 0.25) is 0 Å². The summed E-state index contributed by atoms with van der Waals surface area (Å²) in [6.07, 6.45) is 4.96. The highest BCUT2D eigenvalue weighted by Gasteiger charge is 2.26. The molecule has 0 unspecified atom stereocenters. The van der Waals surface area contributed by atoms with Gasteiger partial charge >= 0.3 is 0 Å². The number of likely N-dealkylation sites (tertiary alicyclic amines) is 1. The van der Waals surface area contributed by atoms with E-state index in [1.165, 1.54) is 12.0 Å². The molecule has 2 atom stereocenters. The summed E-state index contributed by atoms with van der Waals surface area (Å²) in [5.41, 5.74) is 2.25. The van der Waals surface area contributed by atoms with Crippen molar-refractivity contribution >= 4 is 11.7 Å². The van der Waals surface area contributed by atoms with Crippen molar-refractivity contribution in [3.05, 3.63) is 65.7 Å². The zero-order valence-corrected chi connectivity index (χ0v) is 18.0. The minimum absolute atomic E-state index is 0.0187. The molecular weight excluding hydrogens is 376 g/mol. The van der Waals surface area contributed by atoms with Crippen molar-refractivity contribution in [3.63, 3.8) is 0 Å². The van der Waals surface area contributed by atoms with E-state index in [0.717, 1.165) is 37.1 Å². The van der Waals surface area contributed by atoms with E-state index < -0.39 is 6.04 Å². The summed E-state index contributed by atoms with van der Waals surface area (Å²) in [4.78, 5) is 27.3. The molecule has 2 aromatic rings. The first kappa shape index (κ1) is 22.0. The van der Waals surface area contributed by atoms with Crippen LogP contribution in [0, 0.1) is 0 Å². The number of nitrogens with zero attached hydrogens (tertiary/aromatic N) is 1. The van der Waals surface area contributed by atoms with Crippen LogP contribution in [0.4, 0.5) is 0 Å². The predicted molar refractivity (Wildman–Crippen MR) is 119 cm³/mol. The molecule has 0 spiro atoms. The number of ether oxygens (including phenoxy) is 1. The second-order valence-corrected chi connectivity index (χ2v) is 8.03. The molecule has 2 aromatic carbocycles. The summed E-state index contributed by atoms with van der Waals surface area (Å²) >= 11 is 0. The van der Waals surface area contributed by atoms with Crippen molar-refractivity contribution in [2.24, 2.45) is 0 Å². The standard InChI is InChI=1S/C25H32N2O3/c1-19(28)23(17-20-9-5-3-6-10-20)26-25(29)18-27-16-8-4-7-11-24(27)21-12-14-22(30-2)15-13-21/h3,5-6,9-10,12-15,23-24H,4,7-8,11,16-18H2,1-2H3,(H,26,29)/t23-,24+/m1/s1. The molecule has 1 heterocycles. The maximum absolute atomic E-state index is 12.9. The molecule has 3 rings (SSSR count). The highest BCUT2D eigenvalue weighted by atomic mass is 16.5. The summed E-state index contributed by atoms with van der Waals surface area (Å²) in [5.74, 6) is 0.725. The van der Waals surface area contributed by atoms with E-state index in [9.17, 15) is 9.59 Å². The average Bonchev–Trinajstić information content (AvgIpc) is 2.99. The van der Waals surface area contributed by atoms with Gasteiger partial charge in [-0.3, -0.25) is 14.5 Å². The minimum Gasteiger partial charge on any atom is -0.497 e. The number of rotatable bonds is 8. The summed E-state index contributed by atoms with van der Waals surface area (Å²) < 4.78 is 5.28. The number of carbonyl (C=O) groups excluding carboxylic acids is 2. The summed E-state index contributed by atoms with van der Waals surface area (Å²) in [6.45, 7) is 2.72. The van der Waals surface area contributed by atoms with Gasteiger partial charge in [0.25, 0.3) is 0 Å². The molecule has 0 radical (unpaired) electrons. The van der Waals surface area contributed by atoms with Crippen LogP contribution in [-0.4, -0.2) is 42.8 Å². The van der Waals surface area contributed by atoms with Crippen molar-refractivity contribution in [2.45, 2.75) is 51.1 Å². The normalized spacial score (nSPS) is 18.3. The summed E-state index contributed by atoms with van der Waals surface area (Å²) in [6, 6.07) is 17.7. The van der Waals surface area contributed by atoms with Gasteiger partial charge in [-0.15, -0.1) is 0 Å². The third-order valence-electron chi connectivity index (χ3n) is 5.82. The van der Waals surface area contributed by atoms with Gasteiger partial charge in [0.2, 0.25) is 5.91 Å². The molecule has 1 aliphatic heterocycles.